The van der Waals surface area contributed by atoms with Gasteiger partial charge in [-0.05, 0) is 52.7 Å². The summed E-state index contributed by atoms with van der Waals surface area (Å²) in [5, 5.41) is 10.9. The van der Waals surface area contributed by atoms with Crippen LogP contribution in [-0.4, -0.2) is 21.9 Å². The Bertz CT molecular complexity index is 492. The molecule has 112 valence electrons. The highest BCUT2D eigenvalue weighted by atomic mass is 19.1. The third-order valence-electron chi connectivity index (χ3n) is 4.33. The first-order valence-electron chi connectivity index (χ1n) is 7.19. The van der Waals surface area contributed by atoms with E-state index in [1.165, 1.54) is 6.07 Å². The summed E-state index contributed by atoms with van der Waals surface area (Å²) in [5.74, 6) is -0.298. The van der Waals surface area contributed by atoms with E-state index in [0.717, 1.165) is 6.42 Å². The molecular weight excluding hydrogens is 255 g/mol. The van der Waals surface area contributed by atoms with E-state index in [9.17, 15) is 9.50 Å². The molecule has 20 heavy (non-hydrogen) atoms. The predicted octanol–water partition coefficient (Wildman–Crippen LogP) is 3.71. The number of aliphatic hydroxyl groups is 1. The first-order chi connectivity index (χ1) is 9.04. The molecule has 0 bridgehead atoms. The summed E-state index contributed by atoms with van der Waals surface area (Å²) in [5.41, 5.74) is -1.12. The van der Waals surface area contributed by atoms with Gasteiger partial charge in [0.1, 0.15) is 5.82 Å². The minimum Gasteiger partial charge on any atom is -0.389 e. The Hall–Kier alpha value is -0.930. The van der Waals surface area contributed by atoms with E-state index in [-0.39, 0.29) is 17.3 Å². The van der Waals surface area contributed by atoms with E-state index < -0.39 is 11.2 Å². The zero-order valence-electron chi connectivity index (χ0n) is 13.0. The van der Waals surface area contributed by atoms with Gasteiger partial charge in [-0.3, -0.25) is 0 Å². The van der Waals surface area contributed by atoms with Crippen molar-refractivity contribution in [2.45, 2.75) is 64.3 Å². The van der Waals surface area contributed by atoms with Crippen LogP contribution in [-0.2, 0) is 11.2 Å². The van der Waals surface area contributed by atoms with Crippen LogP contribution in [0.4, 0.5) is 4.39 Å². The van der Waals surface area contributed by atoms with Crippen molar-refractivity contribution in [3.63, 3.8) is 0 Å². The van der Waals surface area contributed by atoms with E-state index in [4.69, 9.17) is 4.74 Å². The molecule has 0 amide bonds. The van der Waals surface area contributed by atoms with Gasteiger partial charge >= 0.3 is 0 Å². The van der Waals surface area contributed by atoms with Crippen molar-refractivity contribution in [1.82, 2.24) is 0 Å². The van der Waals surface area contributed by atoms with Crippen LogP contribution in [0.3, 0.4) is 0 Å². The van der Waals surface area contributed by atoms with Crippen molar-refractivity contribution < 1.29 is 14.2 Å². The van der Waals surface area contributed by atoms with Crippen molar-refractivity contribution in [2.75, 3.05) is 0 Å². The van der Waals surface area contributed by atoms with Crippen LogP contribution in [0.1, 0.15) is 46.6 Å². The van der Waals surface area contributed by atoms with Crippen molar-refractivity contribution in [3.8, 4) is 0 Å². The molecule has 2 nitrogen and oxygen atoms in total. The van der Waals surface area contributed by atoms with Crippen LogP contribution in [0.2, 0.25) is 0 Å². The van der Waals surface area contributed by atoms with Crippen molar-refractivity contribution >= 4 is 0 Å². The van der Waals surface area contributed by atoms with E-state index >= 15 is 0 Å². The topological polar surface area (TPSA) is 29.5 Å². The first kappa shape index (κ1) is 15.5. The van der Waals surface area contributed by atoms with Crippen LogP contribution in [0, 0.1) is 11.7 Å². The summed E-state index contributed by atoms with van der Waals surface area (Å²) in [7, 11) is 0. The largest absolute Gasteiger partial charge is 0.389 e. The molecule has 0 saturated carbocycles. The lowest BCUT2D eigenvalue weighted by atomic mass is 9.73. The summed E-state index contributed by atoms with van der Waals surface area (Å²) in [6, 6.07) is 6.64. The molecule has 1 aliphatic heterocycles. The van der Waals surface area contributed by atoms with Gasteiger partial charge in [0.05, 0.1) is 16.8 Å². The summed E-state index contributed by atoms with van der Waals surface area (Å²) in [4.78, 5) is 0. The van der Waals surface area contributed by atoms with Gasteiger partial charge in [0.15, 0.2) is 0 Å². The fourth-order valence-corrected chi connectivity index (χ4v) is 3.68. The SMILES string of the molecule is CC1(C)CC(C(C)(O)Cc2ccccc2F)C(C)(C)O1. The quantitative estimate of drug-likeness (QED) is 0.914. The standard InChI is InChI=1S/C17H25FO2/c1-15(2)11-14(16(3,4)20-15)17(5,19)10-12-8-6-7-9-13(12)18/h6-9,14,19H,10-11H2,1-5H3. The summed E-state index contributed by atoms with van der Waals surface area (Å²) in [6.07, 6.45) is 1.06. The maximum atomic E-state index is 13.8. The lowest BCUT2D eigenvalue weighted by Crippen LogP contribution is -2.46. The molecule has 1 saturated heterocycles. The maximum absolute atomic E-state index is 13.8. The molecule has 0 spiro atoms. The molecule has 1 fully saturated rings. The molecule has 3 heteroatoms. The molecule has 0 aromatic heterocycles. The maximum Gasteiger partial charge on any atom is 0.126 e. The van der Waals surface area contributed by atoms with Crippen molar-refractivity contribution in [3.05, 3.63) is 35.6 Å². The smallest absolute Gasteiger partial charge is 0.126 e. The van der Waals surface area contributed by atoms with Crippen LogP contribution in [0.25, 0.3) is 0 Å². The number of ether oxygens (including phenoxy) is 1. The molecule has 1 aromatic rings. The summed E-state index contributed by atoms with van der Waals surface area (Å²) < 4.78 is 19.9. The third kappa shape index (κ3) is 3.04. The molecule has 2 atom stereocenters. The van der Waals surface area contributed by atoms with Crippen molar-refractivity contribution in [1.29, 1.82) is 0 Å². The van der Waals surface area contributed by atoms with Gasteiger partial charge in [-0.1, -0.05) is 18.2 Å². The molecular formula is C17H25FO2. The Morgan fingerprint density at radius 3 is 2.40 bits per heavy atom. The van der Waals surface area contributed by atoms with E-state index in [1.54, 1.807) is 25.1 Å². The second-order valence-corrected chi connectivity index (χ2v) is 7.35. The van der Waals surface area contributed by atoms with E-state index in [2.05, 4.69) is 0 Å². The normalized spacial score (nSPS) is 27.2. The molecule has 2 rings (SSSR count). The monoisotopic (exact) mass is 280 g/mol. The Labute approximate surface area is 121 Å². The third-order valence-corrected chi connectivity index (χ3v) is 4.33. The highest BCUT2D eigenvalue weighted by molar-refractivity contribution is 5.20. The Morgan fingerprint density at radius 1 is 1.30 bits per heavy atom. The number of rotatable bonds is 3. The highest BCUT2D eigenvalue weighted by Crippen LogP contribution is 2.47. The number of hydrogen-bond donors (Lipinski definition) is 1. The van der Waals surface area contributed by atoms with Gasteiger partial charge < -0.3 is 9.84 Å². The predicted molar refractivity (Wildman–Crippen MR) is 78.1 cm³/mol. The van der Waals surface area contributed by atoms with Gasteiger partial charge in [-0.15, -0.1) is 0 Å². The lowest BCUT2D eigenvalue weighted by Gasteiger charge is -2.37. The average Bonchev–Trinajstić information content (AvgIpc) is 2.50. The lowest BCUT2D eigenvalue weighted by molar-refractivity contribution is -0.108. The number of hydrogen-bond acceptors (Lipinski definition) is 2. The van der Waals surface area contributed by atoms with Gasteiger partial charge in [0.2, 0.25) is 0 Å². The first-order valence-corrected chi connectivity index (χ1v) is 7.19. The Kier molecular flexibility index (Phi) is 3.72. The Morgan fingerprint density at radius 2 is 1.90 bits per heavy atom. The minimum absolute atomic E-state index is 0.0374. The van der Waals surface area contributed by atoms with E-state index in [1.807, 2.05) is 27.7 Å². The van der Waals surface area contributed by atoms with E-state index in [0.29, 0.717) is 12.0 Å². The molecule has 0 aliphatic carbocycles. The molecule has 1 aliphatic rings. The average molecular weight is 280 g/mol. The molecule has 0 radical (unpaired) electrons. The van der Waals surface area contributed by atoms with Crippen LogP contribution in [0.15, 0.2) is 24.3 Å². The summed E-state index contributed by atoms with van der Waals surface area (Å²) in [6.45, 7) is 9.86. The fourth-order valence-electron chi connectivity index (χ4n) is 3.68. The second kappa shape index (κ2) is 4.81. The van der Waals surface area contributed by atoms with Crippen LogP contribution >= 0.6 is 0 Å². The number of benzene rings is 1. The fraction of sp³-hybridized carbons (Fsp3) is 0.647. The van der Waals surface area contributed by atoms with Crippen LogP contribution < -0.4 is 0 Å². The van der Waals surface area contributed by atoms with Gasteiger partial charge in [0.25, 0.3) is 0 Å². The van der Waals surface area contributed by atoms with Crippen LogP contribution in [0.5, 0.6) is 0 Å². The van der Waals surface area contributed by atoms with Crippen molar-refractivity contribution in [2.24, 2.45) is 5.92 Å². The molecule has 2 unspecified atom stereocenters. The second-order valence-electron chi connectivity index (χ2n) is 7.35. The zero-order valence-corrected chi connectivity index (χ0v) is 13.0. The zero-order chi connectivity index (χ0) is 15.2. The summed E-state index contributed by atoms with van der Waals surface area (Å²) >= 11 is 0. The van der Waals surface area contributed by atoms with Gasteiger partial charge in [-0.2, -0.15) is 0 Å². The molecule has 1 aromatic carbocycles. The number of halogens is 1. The molecule has 1 N–H and O–H groups in total. The molecule has 1 heterocycles. The Balaban J connectivity index is 2.25. The van der Waals surface area contributed by atoms with Gasteiger partial charge in [-0.25, -0.2) is 4.39 Å². The highest BCUT2D eigenvalue weighted by Gasteiger charge is 2.53. The minimum atomic E-state index is -1.00. The van der Waals surface area contributed by atoms with Gasteiger partial charge in [0, 0.05) is 12.3 Å².